The Morgan fingerprint density at radius 1 is 0.521 bits per heavy atom. The molecule has 67 heteroatoms. The monoisotopic (exact) mass is 7190 g/mol. The molecule has 0 aliphatic carbocycles. The first kappa shape index (κ1) is 160. The Labute approximate surface area is 1170 Å². The van der Waals surface area contributed by atoms with Gasteiger partial charge in [-0.2, -0.15) is 10.1 Å². The number of anilines is 2. The van der Waals surface area contributed by atoms with E-state index in [1.165, 1.54) is 28.5 Å². The maximum absolute atomic E-state index is 13.5. The third kappa shape index (κ3) is 61.7. The number of carbonyl (C=O) groups excluding carboxylic acids is 6. The molecule has 6 fully saturated rings. The number of ether oxygens (including phenoxy) is 3. The molecule has 4 aromatic carbocycles. The predicted molar refractivity (Wildman–Crippen MR) is 1020 cm³/mol. The second-order valence-corrected chi connectivity index (χ2v) is 1080. The number of nitriles is 1. The number of esters is 3. The number of alkyl halides is 1. The van der Waals surface area contributed by atoms with Gasteiger partial charge in [-0.05, 0) is 123 Å². The number of rotatable bonds is 42. The molecule has 7 aromatic rings. The van der Waals surface area contributed by atoms with Gasteiger partial charge in [0.05, 0.1) is 31.1 Å². The van der Waals surface area contributed by atoms with Gasteiger partial charge in [-0.15, -0.1) is 34.0 Å². The quantitative estimate of drug-likeness (QED) is 0.00311. The number of hydrogen-bond acceptors (Lipinski definition) is 16. The first-order valence-electron chi connectivity index (χ1n) is 39.3. The fraction of sp³-hybridized carbons (Fsp3) is 0.413. The largest absolute Gasteiger partial charge is 0.459 e. The molecule has 6 saturated heterocycles. The average molecular weight is 7190 g/mol. The summed E-state index contributed by atoms with van der Waals surface area (Å²) >= 11 is 88.7. The van der Waals surface area contributed by atoms with E-state index in [9.17, 15) is 28.8 Å². The first-order valence-corrected chi connectivity index (χ1v) is 324. The van der Waals surface area contributed by atoms with Gasteiger partial charge in [0.25, 0.3) is 5.24 Å². The van der Waals surface area contributed by atoms with Crippen LogP contribution in [-0.2, 0) is 47.9 Å². The number of ketones is 2. The van der Waals surface area contributed by atoms with Crippen LogP contribution in [0.3, 0.4) is 0 Å². The van der Waals surface area contributed by atoms with Gasteiger partial charge in [-0.1, -0.05) is 153 Å². The van der Waals surface area contributed by atoms with E-state index in [1.54, 1.807) is 58.2 Å². The van der Waals surface area contributed by atoms with Crippen LogP contribution in [0.2, 0.25) is 19.6 Å². The number of quaternary nitrogens is 1. The van der Waals surface area contributed by atoms with Crippen molar-refractivity contribution in [3.8, 4) is 6.07 Å². The number of nitrogens with zero attached hydrogens (tertiary/aromatic N) is 5. The summed E-state index contributed by atoms with van der Waals surface area (Å²) in [4.78, 5) is 80.2. The third-order valence-corrected chi connectivity index (χ3v) is 3410. The number of piperidine rings is 6. The molecule has 142 heavy (non-hydrogen) atoms. The number of nitrogens with one attached hydrogen (secondary N) is 2. The number of fused-ring (bicyclic) bond motifs is 6. The number of benzene rings is 4. The van der Waals surface area contributed by atoms with E-state index in [-0.39, 0.29) is 46.9 Å². The summed E-state index contributed by atoms with van der Waals surface area (Å²) in [7, 11) is -11.9. The van der Waals surface area contributed by atoms with Crippen molar-refractivity contribution < 1.29 is 65.5 Å². The molecule has 0 saturated carbocycles. The summed E-state index contributed by atoms with van der Waals surface area (Å²) in [6.45, 7) is 24.0. The van der Waals surface area contributed by atoms with E-state index in [1.807, 2.05) is 157 Å². The van der Waals surface area contributed by atoms with Crippen LogP contribution in [0, 0.1) is 23.2 Å². The van der Waals surface area contributed by atoms with Gasteiger partial charge >= 0.3 is 625 Å². The molecule has 2 N–H and O–H groups in total. The number of para-hydroxylation sites is 2. The van der Waals surface area contributed by atoms with E-state index in [0.717, 1.165) is 122 Å². The zero-order valence-corrected chi connectivity index (χ0v) is 177. The van der Waals surface area contributed by atoms with E-state index < -0.39 is 186 Å². The molecule has 6 aliphatic heterocycles. The summed E-state index contributed by atoms with van der Waals surface area (Å²) in [6.07, 6.45) is 7.08. The molecule has 0 spiro atoms. The van der Waals surface area contributed by atoms with Crippen molar-refractivity contribution in [2.24, 2.45) is 11.8 Å². The van der Waals surface area contributed by atoms with Gasteiger partial charge in [-0.25, -0.2) is 9.59 Å². The molecule has 834 valence electrons. The van der Waals surface area contributed by atoms with Gasteiger partial charge in [0.15, 0.2) is 32.0 Å². The molecule has 16 nitrogen and oxygen atoms in total. The molecule has 4 bridgehead atoms. The second kappa shape index (κ2) is 91.4. The minimum Gasteiger partial charge on any atom is -0.459 e. The Bertz CT molecular complexity index is 4960. The van der Waals surface area contributed by atoms with Crippen molar-refractivity contribution in [3.05, 3.63) is 204 Å². The van der Waals surface area contributed by atoms with Gasteiger partial charge in [0, 0.05) is 98.0 Å². The number of Topliss-reactive ketones (excluding diaryl/α,β-unsaturated/α-hetero) is 2. The molecule has 0 amide bonds. The second-order valence-electron chi connectivity index (χ2n) is 28.2. The van der Waals surface area contributed by atoms with Crippen LogP contribution in [0.4, 0.5) is 11.4 Å². The molecule has 3 aromatic heterocycles. The number of thiophene rings is 3. The summed E-state index contributed by atoms with van der Waals surface area (Å²) < 4.78 is 17.3. The Balaban J connectivity index is 0.000000381. The molecular weight excluding hydrogens is 7090 g/mol. The number of carbonyl (C=O) groups is 6. The van der Waals surface area contributed by atoms with Crippen molar-refractivity contribution >= 4 is 715 Å². The molecular formula is C75H94BrClI45N7O9S3Si. The van der Waals surface area contributed by atoms with Crippen LogP contribution < -0.4 is 23.9 Å². The normalized spacial score (nSPS) is 18.8. The first-order chi connectivity index (χ1) is 67.1. The van der Waals surface area contributed by atoms with E-state index in [4.69, 9.17) is 31.9 Å². The standard InChI is InChI=1S/C29H33N2O3S.C21H24N2O2.C8H9BrOS.C7H7ClOS.C4H10N2Si.C4H8O2.C2H3N.I45/c1-2-25-17-23(20-35-25)26(32)18-31-15-13-21(14-16-31)27(19-31)34-29(33)28(22-9-5-3-6-10-22)30-24-11-7-4-8-12-24;24-21(25-19-15-23-13-11-16(19)12-14-23)20(17-7-3-1-4-8-17)22-18-9-5-2-6-10-18;1-2-7-3-6(5-11-7)8(10)4-9;1-2-6-3-5(4-10-6)7(8)9;1-7(2,3)4-6-5;1-3-6-4(2)5;1-2-3;1-24-26(4)28(6)30(8)32(10)34(12)36(14)38(16)40(18)42(20)44(22)45(23)43(21)41(19)39(17)37(15)35(13)33(11)31(9)29(7)27(5)25(2)3/h3-12,17,20-21,27-28,30H,2,13-16,18-19H2,1H3;1-10,16,19-20,22H,11-15H2;3,5H,2,4H2,1H3;3-4H,2H2,1H3;4H,1-3H3;3H2,1-2H3;1H3;/q+1;;;;;;;-1/t21?,27-,28+,31?;19-,20+;;;;;;/m00....../s1. The van der Waals surface area contributed by atoms with Crippen LogP contribution in [0.15, 0.2) is 156 Å². The minimum absolute atomic E-state index is 0.0267. The minimum atomic E-state index is -1.20. The van der Waals surface area contributed by atoms with Gasteiger partial charge in [0.2, 0.25) is 11.6 Å². The Morgan fingerprint density at radius 2 is 0.838 bits per heavy atom. The van der Waals surface area contributed by atoms with Crippen LogP contribution in [0.25, 0.3) is 5.53 Å². The Morgan fingerprint density at radius 3 is 1.11 bits per heavy atom. The maximum Gasteiger partial charge on any atom is 0.333 e. The van der Waals surface area contributed by atoms with Crippen molar-refractivity contribution in [2.45, 2.75) is 130 Å². The SMILES string of the molecule is CC#N.CCOC(C)=O.CCc1cc(C(=O)CBr)cs1.CCc1cc(C(=O)C[N+]23CCC(CC2)[C@@H](OC(=O)[C@H](Nc2ccccc2)c2ccccc2)C3)cs1.CCc1cc(C(=O)Cl)cs1.C[Si](C)(C)C=[N+]=[N-].I[I-]I(I)I(I)I(I)I(I)I(I)I(I)I(I)I(I)I(I)I(I)I(I)I(I)I(I)I(I)I(I)I(I)I(I)I(I)I(I)I(I)I(I)I.O=C(O[C@H]1CN2CCC1CC2)[C@H](Nc1ccccc1)c1ccccc1. The predicted octanol–water partition coefficient (Wildman–Crippen LogP) is 52.8. The summed E-state index contributed by atoms with van der Waals surface area (Å²) in [5.41, 5.74) is 13.9. The molecule has 0 unspecified atom stereocenters. The number of halogens is 47. The molecule has 4 atom stereocenters. The maximum atomic E-state index is 13.5. The van der Waals surface area contributed by atoms with Crippen molar-refractivity contribution in [1.82, 2.24) is 4.90 Å². The molecule has 6 aliphatic rings. The van der Waals surface area contributed by atoms with Crippen molar-refractivity contribution in [2.75, 3.05) is 68.4 Å². The summed E-state index contributed by atoms with van der Waals surface area (Å²) in [5, 5.41) is 19.8. The molecule has 0 radical (unpaired) electrons. The molecule has 13 rings (SSSR count). The van der Waals surface area contributed by atoms with E-state index >= 15 is 0 Å². The van der Waals surface area contributed by atoms with E-state index in [0.29, 0.717) is 49.1 Å². The fourth-order valence-electron chi connectivity index (χ4n) is 11.9. The van der Waals surface area contributed by atoms with E-state index in [2.05, 4.69) is 503 Å². The van der Waals surface area contributed by atoms with Crippen LogP contribution in [0.1, 0.15) is 136 Å². The molecule has 9 heterocycles. The number of hydrogen-bond donors (Lipinski definition) is 2. The topological polar surface area (TPSA) is 218 Å². The van der Waals surface area contributed by atoms with Gasteiger partial charge < -0.3 is 34.9 Å². The number of aryl methyl sites for hydroxylation is 3. The Kier molecular flexibility index (Phi) is 103. The van der Waals surface area contributed by atoms with Gasteiger partial charge in [-0.3, -0.25) is 24.1 Å². The van der Waals surface area contributed by atoms with Crippen LogP contribution in [0.5, 0.6) is 0 Å². The van der Waals surface area contributed by atoms with Crippen LogP contribution >= 0.6 is 655 Å². The zero-order chi connectivity index (χ0) is 107. The zero-order valence-electron chi connectivity index (χ0n) is 74.3. The third-order valence-electron chi connectivity index (χ3n) is 18.0. The van der Waals surface area contributed by atoms with Crippen LogP contribution in [-0.4, -0.2) is 133 Å². The fourth-order valence-corrected chi connectivity index (χ4v) is 8190. The Hall–Kier alpha value is 25.6. The average Bonchev–Trinajstić information content (AvgIpc) is 1.35. The van der Waals surface area contributed by atoms with Crippen molar-refractivity contribution in [1.29, 1.82) is 5.26 Å². The smallest absolute Gasteiger partial charge is 0.333 e. The summed E-state index contributed by atoms with van der Waals surface area (Å²) in [6, 6.07) is 45.7. The van der Waals surface area contributed by atoms with Gasteiger partial charge in [0.1, 0.15) is 19.2 Å². The summed E-state index contributed by atoms with van der Waals surface area (Å²) in [5.74, 6) is 2.24. The van der Waals surface area contributed by atoms with Crippen molar-refractivity contribution in [3.63, 3.8) is 0 Å².